The van der Waals surface area contributed by atoms with Crippen molar-refractivity contribution in [1.82, 2.24) is 5.32 Å². The number of ketones is 1. The van der Waals surface area contributed by atoms with Crippen LogP contribution in [-0.4, -0.2) is 63.9 Å². The molecule has 4 N–H and O–H groups in total. The van der Waals surface area contributed by atoms with E-state index in [2.05, 4.69) is 12.2 Å². The summed E-state index contributed by atoms with van der Waals surface area (Å²) in [4.78, 5) is 49.3. The number of aliphatic carboxylic acids is 2. The van der Waals surface area contributed by atoms with E-state index >= 15 is 0 Å². The van der Waals surface area contributed by atoms with Crippen molar-refractivity contribution in [3.8, 4) is 5.75 Å². The third-order valence-corrected chi connectivity index (χ3v) is 7.85. The lowest BCUT2D eigenvalue weighted by Crippen LogP contribution is -2.54. The Morgan fingerprint density at radius 3 is 2.04 bits per heavy atom. The van der Waals surface area contributed by atoms with Gasteiger partial charge in [-0.3, -0.25) is 14.0 Å². The van der Waals surface area contributed by atoms with Gasteiger partial charge in [-0.2, -0.15) is 0 Å². The molecule has 0 spiro atoms. The van der Waals surface area contributed by atoms with E-state index in [1.165, 1.54) is 25.3 Å². The van der Waals surface area contributed by atoms with Crippen molar-refractivity contribution in [3.63, 3.8) is 0 Å². The van der Waals surface area contributed by atoms with Crippen LogP contribution in [0.3, 0.4) is 0 Å². The molecule has 254 valence electrons. The molecule has 1 aromatic carbocycles. The monoisotopic (exact) mass is 635 g/mol. The summed E-state index contributed by atoms with van der Waals surface area (Å²) in [5, 5.41) is 32.7. The van der Waals surface area contributed by atoms with Crippen molar-refractivity contribution < 1.29 is 43.6 Å². The number of Topliss-reactive ketones (excluding diaryl/α,β-unsaturated/α-hetero) is 1. The van der Waals surface area contributed by atoms with Crippen LogP contribution in [0.1, 0.15) is 116 Å². The van der Waals surface area contributed by atoms with Crippen LogP contribution >= 0.6 is 0 Å². The molecule has 9 nitrogen and oxygen atoms in total. The van der Waals surface area contributed by atoms with Gasteiger partial charge in [-0.15, -0.1) is 0 Å². The molecule has 0 radical (unpaired) electrons. The van der Waals surface area contributed by atoms with Crippen LogP contribution in [0, 0.1) is 5.92 Å². The van der Waals surface area contributed by atoms with Gasteiger partial charge >= 0.3 is 11.9 Å². The van der Waals surface area contributed by atoms with Gasteiger partial charge in [0.25, 0.3) is 0 Å². The highest BCUT2D eigenvalue weighted by molar-refractivity contribution is 5.92. The first-order valence-electron chi connectivity index (χ1n) is 16.5. The number of carboxylic acid groups (broad SMARTS) is 2. The quantitative estimate of drug-likeness (QED) is 0.0624. The van der Waals surface area contributed by atoms with Gasteiger partial charge in [-0.05, 0) is 49.8 Å². The number of alkyl halides is 1. The molecule has 0 heterocycles. The number of amides is 1. The van der Waals surface area contributed by atoms with Crippen LogP contribution in [0.15, 0.2) is 36.4 Å². The number of carboxylic acids is 2. The summed E-state index contributed by atoms with van der Waals surface area (Å²) in [6.45, 7) is 3.58. The maximum Gasteiger partial charge on any atom is 0.336 e. The Labute approximate surface area is 267 Å². The predicted octanol–water partition coefficient (Wildman–Crippen LogP) is 6.60. The molecule has 0 aliphatic heterocycles. The molecule has 0 aliphatic carbocycles. The van der Waals surface area contributed by atoms with E-state index in [0.29, 0.717) is 43.6 Å². The Hall–Kier alpha value is -3.27. The van der Waals surface area contributed by atoms with Gasteiger partial charge in [-0.1, -0.05) is 83.1 Å². The Morgan fingerprint density at radius 2 is 1.49 bits per heavy atom. The number of allylic oxidation sites excluding steroid dienone is 1. The van der Waals surface area contributed by atoms with E-state index in [1.54, 1.807) is 30.3 Å². The van der Waals surface area contributed by atoms with E-state index in [-0.39, 0.29) is 12.2 Å². The fourth-order valence-corrected chi connectivity index (χ4v) is 4.98. The third-order valence-electron chi connectivity index (χ3n) is 7.85. The molecule has 0 saturated carbocycles. The molecule has 0 saturated heterocycles. The van der Waals surface area contributed by atoms with Crippen LogP contribution in [0.2, 0.25) is 0 Å². The lowest BCUT2D eigenvalue weighted by Gasteiger charge is -2.30. The molecule has 0 aromatic heterocycles. The molecule has 1 rings (SSSR count). The number of ether oxygens (including phenoxy) is 1. The SMILES string of the molecule is CCCCCCCC(=O)CCCCCC/C=C/[C@H](C(=O)N[C@@H](Cc1ccc(OCCCC)cc1)C(=O)O)[C@@](O)(CCF)C(=O)O. The fourth-order valence-electron chi connectivity index (χ4n) is 4.98. The van der Waals surface area contributed by atoms with E-state index in [9.17, 15) is 38.9 Å². The number of carbonyl (C=O) groups excluding carboxylic acids is 2. The van der Waals surface area contributed by atoms with E-state index in [0.717, 1.165) is 44.9 Å². The largest absolute Gasteiger partial charge is 0.494 e. The fraction of sp³-hybridized carbons (Fsp3) is 0.657. The van der Waals surface area contributed by atoms with Crippen LogP contribution in [0.5, 0.6) is 5.75 Å². The third kappa shape index (κ3) is 16.0. The second kappa shape index (κ2) is 23.1. The molecule has 1 amide bonds. The summed E-state index contributed by atoms with van der Waals surface area (Å²) in [5.74, 6) is -4.93. The van der Waals surface area contributed by atoms with Gasteiger partial charge in [0.15, 0.2) is 5.60 Å². The first-order valence-corrected chi connectivity index (χ1v) is 16.5. The number of carbonyl (C=O) groups is 4. The normalized spacial score (nSPS) is 14.0. The molecular weight excluding hydrogens is 581 g/mol. The lowest BCUT2D eigenvalue weighted by molar-refractivity contribution is -0.168. The van der Waals surface area contributed by atoms with Crippen molar-refractivity contribution in [2.75, 3.05) is 13.3 Å². The number of nitrogens with one attached hydrogen (secondary N) is 1. The molecule has 0 aliphatic rings. The van der Waals surface area contributed by atoms with Gasteiger partial charge in [0.05, 0.1) is 19.2 Å². The summed E-state index contributed by atoms with van der Waals surface area (Å²) in [6, 6.07) is 5.36. The van der Waals surface area contributed by atoms with Crippen LogP contribution in [-0.2, 0) is 25.6 Å². The van der Waals surface area contributed by atoms with Gasteiger partial charge in [0.2, 0.25) is 5.91 Å². The summed E-state index contributed by atoms with van der Waals surface area (Å²) >= 11 is 0. The Bertz CT molecular complexity index is 1040. The highest BCUT2D eigenvalue weighted by atomic mass is 19.1. The van der Waals surface area contributed by atoms with E-state index in [1.807, 2.05) is 6.92 Å². The smallest absolute Gasteiger partial charge is 0.336 e. The van der Waals surface area contributed by atoms with Crippen molar-refractivity contribution in [2.45, 2.75) is 128 Å². The number of rotatable bonds is 27. The zero-order valence-corrected chi connectivity index (χ0v) is 27.1. The van der Waals surface area contributed by atoms with Gasteiger partial charge in [0, 0.05) is 25.7 Å². The average molecular weight is 636 g/mol. The highest BCUT2D eigenvalue weighted by Crippen LogP contribution is 2.26. The maximum absolute atomic E-state index is 13.3. The van der Waals surface area contributed by atoms with Crippen molar-refractivity contribution in [2.24, 2.45) is 5.92 Å². The summed E-state index contributed by atoms with van der Waals surface area (Å²) in [6.07, 6.45) is 14.1. The number of benzene rings is 1. The summed E-state index contributed by atoms with van der Waals surface area (Å²) in [7, 11) is 0. The zero-order valence-electron chi connectivity index (χ0n) is 27.1. The van der Waals surface area contributed by atoms with E-state index in [4.69, 9.17) is 4.74 Å². The van der Waals surface area contributed by atoms with Crippen LogP contribution < -0.4 is 10.1 Å². The van der Waals surface area contributed by atoms with E-state index < -0.39 is 48.5 Å². The first-order chi connectivity index (χ1) is 21.6. The Balaban J connectivity index is 2.75. The zero-order chi connectivity index (χ0) is 33.5. The van der Waals surface area contributed by atoms with Gasteiger partial charge < -0.3 is 25.4 Å². The molecule has 0 bridgehead atoms. The lowest BCUT2D eigenvalue weighted by atomic mass is 9.83. The van der Waals surface area contributed by atoms with Gasteiger partial charge in [0.1, 0.15) is 17.6 Å². The number of hydrogen-bond donors (Lipinski definition) is 4. The maximum atomic E-state index is 13.3. The second-order valence-corrected chi connectivity index (χ2v) is 11.7. The minimum Gasteiger partial charge on any atom is -0.494 e. The molecule has 10 heteroatoms. The van der Waals surface area contributed by atoms with Crippen molar-refractivity contribution in [3.05, 3.63) is 42.0 Å². The number of aliphatic hydroxyl groups is 1. The van der Waals surface area contributed by atoms with Crippen LogP contribution in [0.25, 0.3) is 0 Å². The molecule has 3 atom stereocenters. The molecule has 0 unspecified atom stereocenters. The average Bonchev–Trinajstić information content (AvgIpc) is 3.00. The predicted molar refractivity (Wildman–Crippen MR) is 172 cm³/mol. The van der Waals surface area contributed by atoms with Gasteiger partial charge in [-0.25, -0.2) is 9.59 Å². The topological polar surface area (TPSA) is 150 Å². The minimum absolute atomic E-state index is 0.0945. The highest BCUT2D eigenvalue weighted by Gasteiger charge is 2.47. The Morgan fingerprint density at radius 1 is 0.889 bits per heavy atom. The number of unbranched alkanes of at least 4 members (excludes halogenated alkanes) is 9. The number of halogens is 1. The summed E-state index contributed by atoms with van der Waals surface area (Å²) < 4.78 is 18.9. The first kappa shape index (κ1) is 39.8. The molecule has 45 heavy (non-hydrogen) atoms. The minimum atomic E-state index is -2.76. The van der Waals surface area contributed by atoms with Crippen molar-refractivity contribution in [1.29, 1.82) is 0 Å². The molecule has 0 fully saturated rings. The Kier molecular flexibility index (Phi) is 20.4. The molecule has 1 aromatic rings. The molecular formula is C35H54FNO8. The van der Waals surface area contributed by atoms with Crippen LogP contribution in [0.4, 0.5) is 4.39 Å². The van der Waals surface area contributed by atoms with Crippen molar-refractivity contribution >= 4 is 23.6 Å². The second-order valence-electron chi connectivity index (χ2n) is 11.7. The summed E-state index contributed by atoms with van der Waals surface area (Å²) in [5.41, 5.74) is -2.16. The number of hydrogen-bond acceptors (Lipinski definition) is 6. The standard InChI is InChI=1S/C35H54FNO8/c1-3-5-7-10-13-16-28(38)17-14-11-8-9-12-15-18-30(35(44,23-24-36)34(42)43)32(39)37-31(33(40)41)26-27-19-21-29(22-20-27)45-25-6-4-2/h15,18-22,30-31,44H,3-14,16-17,23-26H2,1-2H3,(H,37,39)(H,40,41)(H,42,43)/b18-15+/t30-,31+,35+/m1/s1.